The van der Waals surface area contributed by atoms with Crippen LogP contribution in [0.2, 0.25) is 0 Å². The molecule has 0 unspecified atom stereocenters. The Bertz CT molecular complexity index is 659. The van der Waals surface area contributed by atoms with E-state index in [9.17, 15) is 5.11 Å². The van der Waals surface area contributed by atoms with E-state index in [2.05, 4.69) is 0 Å². The summed E-state index contributed by atoms with van der Waals surface area (Å²) in [5.74, 6) is 1.16. The summed E-state index contributed by atoms with van der Waals surface area (Å²) in [4.78, 5) is 0. The molecule has 0 saturated carbocycles. The van der Waals surface area contributed by atoms with Gasteiger partial charge in [0.05, 0.1) is 0 Å². The molecule has 0 bridgehead atoms. The average molecular weight is 256 g/mol. The smallest absolute Gasteiger partial charge is 0.124 e. The van der Waals surface area contributed by atoms with Gasteiger partial charge in [-0.05, 0) is 29.6 Å². The Kier molecular flexibility index (Phi) is 2.90. The number of thiophene rings is 1. The highest BCUT2D eigenvalue weighted by Gasteiger charge is 2.08. The van der Waals surface area contributed by atoms with E-state index in [0.29, 0.717) is 12.4 Å². The fourth-order valence-electron chi connectivity index (χ4n) is 1.92. The van der Waals surface area contributed by atoms with Crippen molar-refractivity contribution in [3.05, 3.63) is 59.5 Å². The Morgan fingerprint density at radius 1 is 1.00 bits per heavy atom. The molecule has 1 aromatic heterocycles. The van der Waals surface area contributed by atoms with Crippen LogP contribution >= 0.6 is 11.3 Å². The van der Waals surface area contributed by atoms with Crippen LogP contribution in [0.5, 0.6) is 11.5 Å². The van der Waals surface area contributed by atoms with Gasteiger partial charge in [0, 0.05) is 15.6 Å². The third-order valence-electron chi connectivity index (χ3n) is 2.79. The van der Waals surface area contributed by atoms with Gasteiger partial charge in [-0.25, -0.2) is 0 Å². The molecule has 0 amide bonds. The molecule has 1 heterocycles. The highest BCUT2D eigenvalue weighted by Crippen LogP contribution is 2.33. The van der Waals surface area contributed by atoms with Gasteiger partial charge < -0.3 is 9.84 Å². The van der Waals surface area contributed by atoms with Gasteiger partial charge in [-0.2, -0.15) is 0 Å². The fraction of sp³-hybridized carbons (Fsp3) is 0.0667. The summed E-state index contributed by atoms with van der Waals surface area (Å²) in [5.41, 5.74) is 1.02. The molecule has 1 N–H and O–H groups in total. The first-order valence-electron chi connectivity index (χ1n) is 5.70. The Labute approximate surface area is 109 Å². The highest BCUT2D eigenvalue weighted by atomic mass is 32.1. The Morgan fingerprint density at radius 2 is 1.83 bits per heavy atom. The van der Waals surface area contributed by atoms with Crippen molar-refractivity contribution in [2.45, 2.75) is 6.61 Å². The molecule has 3 aromatic rings. The van der Waals surface area contributed by atoms with E-state index >= 15 is 0 Å². The van der Waals surface area contributed by atoms with Crippen LogP contribution in [0, 0.1) is 0 Å². The van der Waals surface area contributed by atoms with Crippen molar-refractivity contribution in [1.29, 1.82) is 0 Å². The summed E-state index contributed by atoms with van der Waals surface area (Å²) in [6.45, 7) is 0.474. The molecule has 0 spiro atoms. The second kappa shape index (κ2) is 4.70. The zero-order valence-corrected chi connectivity index (χ0v) is 10.5. The van der Waals surface area contributed by atoms with Gasteiger partial charge in [-0.1, -0.05) is 24.3 Å². The minimum atomic E-state index is 0.320. The molecular weight excluding hydrogens is 244 g/mol. The minimum Gasteiger partial charge on any atom is -0.507 e. The standard InChI is InChI=1S/C15H12O2S/c16-13-7-4-8-14-15(13)11(10-18-14)9-17-12-5-2-1-3-6-12/h1-8,10,16H,9H2. The van der Waals surface area contributed by atoms with Crippen molar-refractivity contribution < 1.29 is 9.84 Å². The Morgan fingerprint density at radius 3 is 2.67 bits per heavy atom. The number of phenolic OH excluding ortho intramolecular Hbond substituents is 1. The number of aromatic hydroxyl groups is 1. The van der Waals surface area contributed by atoms with Crippen LogP contribution in [0.1, 0.15) is 5.56 Å². The first-order valence-corrected chi connectivity index (χ1v) is 6.58. The summed E-state index contributed by atoms with van der Waals surface area (Å²) in [6, 6.07) is 15.3. The first-order chi connectivity index (χ1) is 8.84. The summed E-state index contributed by atoms with van der Waals surface area (Å²) >= 11 is 1.62. The van der Waals surface area contributed by atoms with Gasteiger partial charge in [-0.3, -0.25) is 0 Å². The number of benzene rings is 2. The summed E-state index contributed by atoms with van der Waals surface area (Å²) < 4.78 is 6.79. The van der Waals surface area contributed by atoms with E-state index in [4.69, 9.17) is 4.74 Å². The topological polar surface area (TPSA) is 29.5 Å². The van der Waals surface area contributed by atoms with E-state index in [1.54, 1.807) is 17.4 Å². The van der Waals surface area contributed by atoms with Gasteiger partial charge in [0.15, 0.2) is 0 Å². The maximum atomic E-state index is 9.89. The Balaban J connectivity index is 1.87. The first kappa shape index (κ1) is 11.1. The van der Waals surface area contributed by atoms with Gasteiger partial charge in [0.25, 0.3) is 0 Å². The van der Waals surface area contributed by atoms with Crippen molar-refractivity contribution >= 4 is 21.4 Å². The van der Waals surface area contributed by atoms with Crippen LogP contribution in [0.4, 0.5) is 0 Å². The predicted octanol–water partition coefficient (Wildman–Crippen LogP) is 4.19. The normalized spacial score (nSPS) is 10.7. The quantitative estimate of drug-likeness (QED) is 0.761. The van der Waals surface area contributed by atoms with E-state index in [1.165, 1.54) is 0 Å². The molecule has 0 saturated heterocycles. The number of fused-ring (bicyclic) bond motifs is 1. The number of phenols is 1. The lowest BCUT2D eigenvalue weighted by Crippen LogP contribution is -1.93. The Hall–Kier alpha value is -2.00. The predicted molar refractivity (Wildman–Crippen MR) is 74.3 cm³/mol. The van der Waals surface area contributed by atoms with E-state index in [1.807, 2.05) is 47.8 Å². The van der Waals surface area contributed by atoms with Crippen molar-refractivity contribution in [3.8, 4) is 11.5 Å². The molecule has 2 nitrogen and oxygen atoms in total. The molecule has 0 fully saturated rings. The van der Waals surface area contributed by atoms with Crippen LogP contribution in [0.25, 0.3) is 10.1 Å². The average Bonchev–Trinajstić information content (AvgIpc) is 2.82. The maximum absolute atomic E-state index is 9.89. The molecule has 0 aliphatic heterocycles. The van der Waals surface area contributed by atoms with Crippen LogP contribution in [0.3, 0.4) is 0 Å². The lowest BCUT2D eigenvalue weighted by Gasteiger charge is -2.05. The molecular formula is C15H12O2S. The third kappa shape index (κ3) is 2.05. The number of hydrogen-bond donors (Lipinski definition) is 1. The van der Waals surface area contributed by atoms with Gasteiger partial charge >= 0.3 is 0 Å². The lowest BCUT2D eigenvalue weighted by atomic mass is 10.1. The van der Waals surface area contributed by atoms with Crippen molar-refractivity contribution in [1.82, 2.24) is 0 Å². The van der Waals surface area contributed by atoms with Gasteiger partial charge in [0.2, 0.25) is 0 Å². The van der Waals surface area contributed by atoms with Crippen LogP contribution in [-0.4, -0.2) is 5.11 Å². The minimum absolute atomic E-state index is 0.320. The van der Waals surface area contributed by atoms with E-state index in [-0.39, 0.29) is 0 Å². The van der Waals surface area contributed by atoms with Gasteiger partial charge in [0.1, 0.15) is 18.1 Å². The van der Waals surface area contributed by atoms with Crippen LogP contribution < -0.4 is 4.74 Å². The summed E-state index contributed by atoms with van der Waals surface area (Å²) in [5, 5.41) is 12.8. The highest BCUT2D eigenvalue weighted by molar-refractivity contribution is 7.17. The second-order valence-corrected chi connectivity index (χ2v) is 4.92. The number of ether oxygens (including phenoxy) is 1. The largest absolute Gasteiger partial charge is 0.507 e. The number of rotatable bonds is 3. The molecule has 90 valence electrons. The zero-order chi connectivity index (χ0) is 12.4. The number of hydrogen-bond acceptors (Lipinski definition) is 3. The monoisotopic (exact) mass is 256 g/mol. The molecule has 3 heteroatoms. The summed E-state index contributed by atoms with van der Waals surface area (Å²) in [6.07, 6.45) is 0. The third-order valence-corrected chi connectivity index (χ3v) is 3.79. The molecule has 0 aliphatic rings. The number of para-hydroxylation sites is 1. The fourth-order valence-corrected chi connectivity index (χ4v) is 2.88. The molecule has 18 heavy (non-hydrogen) atoms. The van der Waals surface area contributed by atoms with Crippen molar-refractivity contribution in [2.75, 3.05) is 0 Å². The van der Waals surface area contributed by atoms with Crippen molar-refractivity contribution in [2.24, 2.45) is 0 Å². The molecule has 0 radical (unpaired) electrons. The van der Waals surface area contributed by atoms with Crippen LogP contribution in [-0.2, 0) is 6.61 Å². The molecule has 2 aromatic carbocycles. The maximum Gasteiger partial charge on any atom is 0.124 e. The van der Waals surface area contributed by atoms with Crippen molar-refractivity contribution in [3.63, 3.8) is 0 Å². The molecule has 3 rings (SSSR count). The SMILES string of the molecule is Oc1cccc2scc(COc3ccccc3)c12. The van der Waals surface area contributed by atoms with Crippen LogP contribution in [0.15, 0.2) is 53.9 Å². The van der Waals surface area contributed by atoms with E-state index < -0.39 is 0 Å². The molecule has 0 atom stereocenters. The van der Waals surface area contributed by atoms with E-state index in [0.717, 1.165) is 21.4 Å². The van der Waals surface area contributed by atoms with Gasteiger partial charge in [-0.15, -0.1) is 11.3 Å². The lowest BCUT2D eigenvalue weighted by molar-refractivity contribution is 0.308. The second-order valence-electron chi connectivity index (χ2n) is 4.01. The zero-order valence-electron chi connectivity index (χ0n) is 9.67. The molecule has 0 aliphatic carbocycles. The summed E-state index contributed by atoms with van der Waals surface area (Å²) in [7, 11) is 0.